The summed E-state index contributed by atoms with van der Waals surface area (Å²) in [4.78, 5) is 4.19. The maximum absolute atomic E-state index is 4.19. The van der Waals surface area contributed by atoms with Gasteiger partial charge in [-0.1, -0.05) is 0 Å². The molecule has 0 aliphatic carbocycles. The fourth-order valence-electron chi connectivity index (χ4n) is 1.06. The van der Waals surface area contributed by atoms with Crippen LogP contribution in [0.15, 0.2) is 18.5 Å². The zero-order valence-corrected chi connectivity index (χ0v) is 6.26. The molecule has 56 valence electrons. The van der Waals surface area contributed by atoms with Crippen LogP contribution in [0.2, 0.25) is 0 Å². The fraction of sp³-hybridized carbons (Fsp3) is 0.125. The number of rotatable bonds is 0. The lowest BCUT2D eigenvalue weighted by Gasteiger charge is -2.12. The first-order chi connectivity index (χ1) is 5.36. The van der Waals surface area contributed by atoms with Gasteiger partial charge in [0.05, 0.1) is 0 Å². The van der Waals surface area contributed by atoms with Crippen molar-refractivity contribution < 1.29 is 0 Å². The van der Waals surface area contributed by atoms with E-state index in [4.69, 9.17) is 0 Å². The van der Waals surface area contributed by atoms with Crippen LogP contribution in [0.3, 0.4) is 0 Å². The van der Waals surface area contributed by atoms with Gasteiger partial charge >= 0.3 is 0 Å². The normalized spacial score (nSPS) is 13.2. The molecule has 1 aliphatic rings. The van der Waals surface area contributed by atoms with E-state index >= 15 is 0 Å². The SMILES string of the molecule is Cc1cnc2c(c1)C=CNN2. The predicted molar refractivity (Wildman–Crippen MR) is 44.8 cm³/mol. The van der Waals surface area contributed by atoms with E-state index in [1.165, 1.54) is 5.56 Å². The lowest BCUT2D eigenvalue weighted by Crippen LogP contribution is -2.19. The third-order valence-electron chi connectivity index (χ3n) is 1.59. The third kappa shape index (κ3) is 1.05. The van der Waals surface area contributed by atoms with Crippen molar-refractivity contribution in [2.45, 2.75) is 6.92 Å². The molecule has 0 saturated carbocycles. The van der Waals surface area contributed by atoms with Gasteiger partial charge in [0.25, 0.3) is 0 Å². The Morgan fingerprint density at radius 1 is 1.45 bits per heavy atom. The lowest BCUT2D eigenvalue weighted by molar-refractivity contribution is 1.01. The van der Waals surface area contributed by atoms with E-state index in [-0.39, 0.29) is 0 Å². The molecule has 0 spiro atoms. The maximum Gasteiger partial charge on any atom is 0.151 e. The highest BCUT2D eigenvalue weighted by Gasteiger charge is 2.02. The monoisotopic (exact) mass is 147 g/mol. The number of pyridine rings is 1. The van der Waals surface area contributed by atoms with Gasteiger partial charge in [0.1, 0.15) is 0 Å². The number of nitrogens with one attached hydrogen (secondary N) is 2. The van der Waals surface area contributed by atoms with Crippen molar-refractivity contribution in [2.75, 3.05) is 5.43 Å². The minimum atomic E-state index is 0.887. The van der Waals surface area contributed by atoms with Crippen LogP contribution in [-0.4, -0.2) is 4.98 Å². The number of fused-ring (bicyclic) bond motifs is 1. The first kappa shape index (κ1) is 6.22. The summed E-state index contributed by atoms with van der Waals surface area (Å²) in [5.74, 6) is 0.887. The number of hydrazine groups is 1. The Hall–Kier alpha value is -1.51. The van der Waals surface area contributed by atoms with Crippen molar-refractivity contribution in [3.05, 3.63) is 29.6 Å². The number of hydrogen-bond acceptors (Lipinski definition) is 3. The predicted octanol–water partition coefficient (Wildman–Crippen LogP) is 1.29. The van der Waals surface area contributed by atoms with E-state index < -0.39 is 0 Å². The van der Waals surface area contributed by atoms with Gasteiger partial charge in [-0.05, 0) is 24.6 Å². The molecular formula is C8H9N3. The molecule has 3 heteroatoms. The van der Waals surface area contributed by atoms with Crippen LogP contribution in [-0.2, 0) is 0 Å². The van der Waals surface area contributed by atoms with Crippen molar-refractivity contribution in [1.82, 2.24) is 10.4 Å². The van der Waals surface area contributed by atoms with Gasteiger partial charge in [-0.15, -0.1) is 0 Å². The van der Waals surface area contributed by atoms with Gasteiger partial charge in [0.15, 0.2) is 5.82 Å². The van der Waals surface area contributed by atoms with Crippen LogP contribution in [0.25, 0.3) is 6.08 Å². The minimum Gasteiger partial charge on any atom is -0.307 e. The van der Waals surface area contributed by atoms with Crippen LogP contribution >= 0.6 is 0 Å². The second-order valence-electron chi connectivity index (χ2n) is 2.55. The van der Waals surface area contributed by atoms with Gasteiger partial charge in [-0.2, -0.15) is 0 Å². The molecule has 11 heavy (non-hydrogen) atoms. The summed E-state index contributed by atoms with van der Waals surface area (Å²) in [6.07, 6.45) is 5.68. The number of nitrogens with zero attached hydrogens (tertiary/aromatic N) is 1. The molecule has 0 atom stereocenters. The molecule has 2 heterocycles. The second kappa shape index (κ2) is 2.27. The molecule has 0 aromatic carbocycles. The first-order valence-electron chi connectivity index (χ1n) is 3.51. The number of aryl methyl sites for hydroxylation is 1. The van der Waals surface area contributed by atoms with E-state index in [0.717, 1.165) is 11.4 Å². The third-order valence-corrected chi connectivity index (χ3v) is 1.59. The molecule has 1 aromatic heterocycles. The molecule has 1 aliphatic heterocycles. The topological polar surface area (TPSA) is 37.0 Å². The van der Waals surface area contributed by atoms with Gasteiger partial charge in [-0.25, -0.2) is 4.98 Å². The van der Waals surface area contributed by atoms with Crippen LogP contribution in [0, 0.1) is 6.92 Å². The highest BCUT2D eigenvalue weighted by atomic mass is 15.4. The van der Waals surface area contributed by atoms with Crippen LogP contribution in [0.4, 0.5) is 5.82 Å². The maximum atomic E-state index is 4.19. The molecule has 2 rings (SSSR count). The molecular weight excluding hydrogens is 138 g/mol. The summed E-state index contributed by atoms with van der Waals surface area (Å²) in [6.45, 7) is 2.03. The highest BCUT2D eigenvalue weighted by molar-refractivity contribution is 5.65. The number of anilines is 1. The molecule has 3 nitrogen and oxygen atoms in total. The Kier molecular flexibility index (Phi) is 1.28. The zero-order chi connectivity index (χ0) is 7.68. The minimum absolute atomic E-state index is 0.887. The number of aromatic nitrogens is 1. The molecule has 2 N–H and O–H groups in total. The Morgan fingerprint density at radius 3 is 3.27 bits per heavy atom. The molecule has 1 aromatic rings. The van der Waals surface area contributed by atoms with Crippen molar-refractivity contribution in [2.24, 2.45) is 0 Å². The standard InChI is InChI=1S/C8H9N3/c1-6-4-7-2-3-10-11-8(7)9-5-6/h2-5,10H,1H3,(H,9,11). The molecule has 0 radical (unpaired) electrons. The number of hydrogen-bond donors (Lipinski definition) is 2. The van der Waals surface area contributed by atoms with Crippen molar-refractivity contribution in [3.8, 4) is 0 Å². The van der Waals surface area contributed by atoms with Crippen LogP contribution < -0.4 is 10.9 Å². The van der Waals surface area contributed by atoms with E-state index in [2.05, 4.69) is 21.9 Å². The average Bonchev–Trinajstić information content (AvgIpc) is 2.04. The van der Waals surface area contributed by atoms with Crippen molar-refractivity contribution in [3.63, 3.8) is 0 Å². The Labute approximate surface area is 65.1 Å². The van der Waals surface area contributed by atoms with E-state index in [1.54, 1.807) is 0 Å². The summed E-state index contributed by atoms with van der Waals surface area (Å²) in [5, 5.41) is 0. The molecule has 0 fully saturated rings. The summed E-state index contributed by atoms with van der Waals surface area (Å²) in [6, 6.07) is 2.09. The largest absolute Gasteiger partial charge is 0.307 e. The van der Waals surface area contributed by atoms with E-state index in [1.807, 2.05) is 25.4 Å². The molecule has 0 unspecified atom stereocenters. The Morgan fingerprint density at radius 2 is 2.36 bits per heavy atom. The van der Waals surface area contributed by atoms with Crippen LogP contribution in [0.1, 0.15) is 11.1 Å². The zero-order valence-electron chi connectivity index (χ0n) is 6.26. The summed E-state index contributed by atoms with van der Waals surface area (Å²) in [7, 11) is 0. The highest BCUT2D eigenvalue weighted by Crippen LogP contribution is 2.16. The van der Waals surface area contributed by atoms with Gasteiger partial charge in [0, 0.05) is 18.0 Å². The van der Waals surface area contributed by atoms with Gasteiger partial charge in [-0.3, -0.25) is 5.43 Å². The summed E-state index contributed by atoms with van der Waals surface area (Å²) >= 11 is 0. The van der Waals surface area contributed by atoms with Crippen molar-refractivity contribution in [1.29, 1.82) is 0 Å². The Balaban J connectivity index is 2.54. The Bertz CT molecular complexity index is 304. The summed E-state index contributed by atoms with van der Waals surface area (Å²) in [5.41, 5.74) is 8.12. The molecule has 0 bridgehead atoms. The van der Waals surface area contributed by atoms with Crippen LogP contribution in [0.5, 0.6) is 0 Å². The van der Waals surface area contributed by atoms with Crippen molar-refractivity contribution >= 4 is 11.9 Å². The lowest BCUT2D eigenvalue weighted by atomic mass is 10.2. The first-order valence-corrected chi connectivity index (χ1v) is 3.51. The van der Waals surface area contributed by atoms with Gasteiger partial charge in [0.2, 0.25) is 0 Å². The molecule has 0 amide bonds. The van der Waals surface area contributed by atoms with E-state index in [0.29, 0.717) is 0 Å². The average molecular weight is 147 g/mol. The smallest absolute Gasteiger partial charge is 0.151 e. The van der Waals surface area contributed by atoms with Gasteiger partial charge < -0.3 is 5.43 Å². The second-order valence-corrected chi connectivity index (χ2v) is 2.55. The summed E-state index contributed by atoms with van der Waals surface area (Å²) < 4.78 is 0. The van der Waals surface area contributed by atoms with E-state index in [9.17, 15) is 0 Å². The molecule has 0 saturated heterocycles. The fourth-order valence-corrected chi connectivity index (χ4v) is 1.06. The quantitative estimate of drug-likeness (QED) is 0.580.